The summed E-state index contributed by atoms with van der Waals surface area (Å²) in [5.74, 6) is -0.124. The monoisotopic (exact) mass is 278 g/mol. The first-order valence-corrected chi connectivity index (χ1v) is 7.02. The summed E-state index contributed by atoms with van der Waals surface area (Å²) < 4.78 is 0. The number of benzene rings is 2. The van der Waals surface area contributed by atoms with Crippen LogP contribution < -0.4 is 4.90 Å². The van der Waals surface area contributed by atoms with Gasteiger partial charge in [0.1, 0.15) is 6.04 Å². The summed E-state index contributed by atoms with van der Waals surface area (Å²) in [4.78, 5) is 28.2. The average Bonchev–Trinajstić information content (AvgIpc) is 2.77. The molecule has 0 aliphatic carbocycles. The Hall–Kier alpha value is -2.62. The minimum atomic E-state index is -0.368. The lowest BCUT2D eigenvalue weighted by molar-refractivity contribution is -0.119. The van der Waals surface area contributed by atoms with Crippen molar-refractivity contribution in [3.8, 4) is 0 Å². The van der Waals surface area contributed by atoms with E-state index in [2.05, 4.69) is 0 Å². The van der Waals surface area contributed by atoms with Crippen LogP contribution in [0.3, 0.4) is 0 Å². The van der Waals surface area contributed by atoms with Gasteiger partial charge in [-0.05, 0) is 23.3 Å². The van der Waals surface area contributed by atoms with Crippen LogP contribution in [0, 0.1) is 0 Å². The van der Waals surface area contributed by atoms with E-state index in [-0.39, 0.29) is 18.0 Å². The molecule has 2 aromatic carbocycles. The van der Waals surface area contributed by atoms with Gasteiger partial charge in [-0.15, -0.1) is 0 Å². The highest BCUT2D eigenvalue weighted by molar-refractivity contribution is 6.21. The molecule has 2 aliphatic rings. The fourth-order valence-corrected chi connectivity index (χ4v) is 3.13. The number of anilines is 1. The number of para-hydroxylation sites is 1. The molecule has 4 nitrogen and oxygen atoms in total. The molecule has 0 saturated carbocycles. The van der Waals surface area contributed by atoms with Crippen LogP contribution in [-0.2, 0) is 17.8 Å². The summed E-state index contributed by atoms with van der Waals surface area (Å²) in [5, 5.41) is 0. The summed E-state index contributed by atoms with van der Waals surface area (Å²) in [5.41, 5.74) is 2.94. The van der Waals surface area contributed by atoms with E-state index in [1.165, 1.54) is 4.90 Å². The topological polar surface area (TPSA) is 40.6 Å². The minimum absolute atomic E-state index is 0.124. The maximum atomic E-state index is 12.6. The number of amides is 3. The molecule has 2 heterocycles. The third-order valence-electron chi connectivity index (χ3n) is 4.21. The molecule has 1 atom stereocenters. The van der Waals surface area contributed by atoms with Crippen molar-refractivity contribution in [1.82, 2.24) is 4.90 Å². The molecule has 0 N–H and O–H groups in total. The molecular weight excluding hydrogens is 264 g/mol. The second kappa shape index (κ2) is 4.45. The molecule has 3 amide bonds. The van der Waals surface area contributed by atoms with Crippen molar-refractivity contribution < 1.29 is 9.59 Å². The Morgan fingerprint density at radius 2 is 1.52 bits per heavy atom. The molecule has 104 valence electrons. The molecule has 2 aliphatic heterocycles. The molecule has 1 unspecified atom stereocenters. The molecule has 1 fully saturated rings. The highest BCUT2D eigenvalue weighted by Gasteiger charge is 2.47. The van der Waals surface area contributed by atoms with E-state index in [0.717, 1.165) is 11.1 Å². The summed E-state index contributed by atoms with van der Waals surface area (Å²) in [7, 11) is 0. The van der Waals surface area contributed by atoms with Crippen LogP contribution in [0.4, 0.5) is 10.5 Å². The smallest absolute Gasteiger partial charge is 0.307 e. The van der Waals surface area contributed by atoms with Crippen molar-refractivity contribution in [1.29, 1.82) is 0 Å². The van der Waals surface area contributed by atoms with Gasteiger partial charge in [-0.25, -0.2) is 9.69 Å². The second-order valence-corrected chi connectivity index (χ2v) is 5.41. The largest absolute Gasteiger partial charge is 0.332 e. The third-order valence-corrected chi connectivity index (χ3v) is 4.21. The Labute approximate surface area is 122 Å². The number of imide groups is 1. The van der Waals surface area contributed by atoms with Crippen LogP contribution in [0.1, 0.15) is 11.1 Å². The van der Waals surface area contributed by atoms with Crippen molar-refractivity contribution in [2.75, 3.05) is 4.90 Å². The van der Waals surface area contributed by atoms with E-state index in [9.17, 15) is 9.59 Å². The van der Waals surface area contributed by atoms with Gasteiger partial charge in [0, 0.05) is 13.0 Å². The van der Waals surface area contributed by atoms with Gasteiger partial charge in [0.2, 0.25) is 0 Å². The Bertz CT molecular complexity index is 684. The first kappa shape index (κ1) is 12.1. The highest BCUT2D eigenvalue weighted by atomic mass is 16.2. The predicted molar refractivity (Wildman–Crippen MR) is 78.8 cm³/mol. The number of carbonyl (C=O) groups is 2. The molecule has 21 heavy (non-hydrogen) atoms. The third kappa shape index (κ3) is 1.76. The lowest BCUT2D eigenvalue weighted by Gasteiger charge is -2.28. The molecule has 1 saturated heterocycles. The molecule has 0 bridgehead atoms. The second-order valence-electron chi connectivity index (χ2n) is 5.41. The number of urea groups is 1. The zero-order valence-corrected chi connectivity index (χ0v) is 11.4. The molecule has 0 aromatic heterocycles. The Morgan fingerprint density at radius 1 is 0.857 bits per heavy atom. The lowest BCUT2D eigenvalue weighted by atomic mass is 9.95. The van der Waals surface area contributed by atoms with Crippen molar-refractivity contribution in [3.63, 3.8) is 0 Å². The fraction of sp³-hybridized carbons (Fsp3) is 0.176. The summed E-state index contributed by atoms with van der Waals surface area (Å²) in [6.07, 6.45) is 0.601. The summed E-state index contributed by atoms with van der Waals surface area (Å²) >= 11 is 0. The number of nitrogens with zero attached hydrogens (tertiary/aromatic N) is 2. The van der Waals surface area contributed by atoms with Gasteiger partial charge in [0.05, 0.1) is 5.69 Å². The number of fused-ring (bicyclic) bond motifs is 2. The van der Waals surface area contributed by atoms with Gasteiger partial charge in [-0.1, -0.05) is 42.5 Å². The maximum absolute atomic E-state index is 12.6. The molecule has 0 radical (unpaired) electrons. The molecule has 0 spiro atoms. The Morgan fingerprint density at radius 3 is 2.29 bits per heavy atom. The zero-order valence-electron chi connectivity index (χ0n) is 11.4. The average molecular weight is 278 g/mol. The molecule has 4 heteroatoms. The lowest BCUT2D eigenvalue weighted by Crippen LogP contribution is -2.39. The summed E-state index contributed by atoms with van der Waals surface area (Å²) in [6, 6.07) is 16.5. The number of hydrogen-bond donors (Lipinski definition) is 0. The standard InChI is InChI=1S/C17H14N2O2/c20-16-15-10-12-6-4-5-7-13(12)11-18(15)17(21)19(16)14-8-2-1-3-9-14/h1-9,15H,10-11H2. The minimum Gasteiger partial charge on any atom is -0.307 e. The summed E-state index contributed by atoms with van der Waals surface area (Å²) in [6.45, 7) is 0.509. The van der Waals surface area contributed by atoms with Crippen LogP contribution in [0.25, 0.3) is 0 Å². The van der Waals surface area contributed by atoms with E-state index in [1.807, 2.05) is 42.5 Å². The van der Waals surface area contributed by atoms with Crippen molar-refractivity contribution >= 4 is 17.6 Å². The predicted octanol–water partition coefficient (Wildman–Crippen LogP) is 2.58. The van der Waals surface area contributed by atoms with Gasteiger partial charge in [-0.2, -0.15) is 0 Å². The first-order valence-electron chi connectivity index (χ1n) is 7.02. The van der Waals surface area contributed by atoms with Crippen LogP contribution in [0.2, 0.25) is 0 Å². The highest BCUT2D eigenvalue weighted by Crippen LogP contribution is 2.32. The Balaban J connectivity index is 1.73. The van der Waals surface area contributed by atoms with Gasteiger partial charge in [0.25, 0.3) is 5.91 Å². The van der Waals surface area contributed by atoms with Crippen molar-refractivity contribution in [3.05, 3.63) is 65.7 Å². The molecule has 2 aromatic rings. The molecular formula is C17H14N2O2. The van der Waals surface area contributed by atoms with Crippen molar-refractivity contribution in [2.45, 2.75) is 19.0 Å². The van der Waals surface area contributed by atoms with Gasteiger partial charge < -0.3 is 4.90 Å². The van der Waals surface area contributed by atoms with Gasteiger partial charge in [-0.3, -0.25) is 4.79 Å². The number of rotatable bonds is 1. The van der Waals surface area contributed by atoms with Crippen LogP contribution in [-0.4, -0.2) is 22.9 Å². The fourth-order valence-electron chi connectivity index (χ4n) is 3.13. The first-order chi connectivity index (χ1) is 10.3. The maximum Gasteiger partial charge on any atom is 0.332 e. The van der Waals surface area contributed by atoms with E-state index < -0.39 is 0 Å². The van der Waals surface area contributed by atoms with Gasteiger partial charge in [0.15, 0.2) is 0 Å². The number of carbonyl (C=O) groups excluding carboxylic acids is 2. The van der Waals surface area contributed by atoms with E-state index >= 15 is 0 Å². The van der Waals surface area contributed by atoms with Crippen LogP contribution in [0.5, 0.6) is 0 Å². The Kier molecular flexibility index (Phi) is 2.57. The van der Waals surface area contributed by atoms with Gasteiger partial charge >= 0.3 is 6.03 Å². The van der Waals surface area contributed by atoms with Crippen LogP contribution >= 0.6 is 0 Å². The molecule has 4 rings (SSSR count). The van der Waals surface area contributed by atoms with E-state index in [4.69, 9.17) is 0 Å². The normalized spacial score (nSPS) is 20.5. The van der Waals surface area contributed by atoms with Crippen molar-refractivity contribution in [2.24, 2.45) is 0 Å². The SMILES string of the molecule is O=C1C2Cc3ccccc3CN2C(=O)N1c1ccccc1. The van der Waals surface area contributed by atoms with E-state index in [1.54, 1.807) is 17.0 Å². The zero-order chi connectivity index (χ0) is 14.4. The quantitative estimate of drug-likeness (QED) is 0.752. The number of hydrogen-bond acceptors (Lipinski definition) is 2. The van der Waals surface area contributed by atoms with E-state index in [0.29, 0.717) is 18.7 Å². The van der Waals surface area contributed by atoms with Crippen LogP contribution in [0.15, 0.2) is 54.6 Å².